The number of amides is 1. The van der Waals surface area contributed by atoms with Crippen molar-refractivity contribution < 1.29 is 14.5 Å². The maximum Gasteiger partial charge on any atom is 0.282 e. The monoisotopic (exact) mass is 462 g/mol. The number of thiazole rings is 1. The Morgan fingerprint density at radius 1 is 1.26 bits per heavy atom. The van der Waals surface area contributed by atoms with Crippen LogP contribution in [-0.2, 0) is 0 Å². The van der Waals surface area contributed by atoms with E-state index in [-0.39, 0.29) is 16.3 Å². The van der Waals surface area contributed by atoms with Crippen LogP contribution in [0.4, 0.5) is 10.8 Å². The van der Waals surface area contributed by atoms with E-state index in [0.717, 1.165) is 16.8 Å². The van der Waals surface area contributed by atoms with Crippen molar-refractivity contribution in [3.8, 4) is 5.75 Å². The van der Waals surface area contributed by atoms with Crippen molar-refractivity contribution >= 4 is 49.9 Å². The zero-order valence-corrected chi connectivity index (χ0v) is 19.3. The Bertz CT molecular complexity index is 1130. The molecule has 0 saturated heterocycles. The number of carbonyl (C=O) groups excluding carboxylic acids is 1. The Kier molecular flexibility index (Phi) is 7.09. The van der Waals surface area contributed by atoms with Crippen LogP contribution >= 0.6 is 22.9 Å². The van der Waals surface area contributed by atoms with E-state index in [4.69, 9.17) is 16.3 Å². The number of nitrogens with zero attached hydrogens (tertiary/aromatic N) is 4. The summed E-state index contributed by atoms with van der Waals surface area (Å²) in [4.78, 5) is 32.6. The van der Waals surface area contributed by atoms with Crippen LogP contribution in [0.25, 0.3) is 10.2 Å². The van der Waals surface area contributed by atoms with Gasteiger partial charge in [-0.1, -0.05) is 29.0 Å². The molecule has 0 spiro atoms. The molecular formula is C21H23ClN4O4S. The lowest BCUT2D eigenvalue weighted by atomic mass is 10.1. The summed E-state index contributed by atoms with van der Waals surface area (Å²) in [5, 5.41) is 12.2. The maximum atomic E-state index is 13.5. The lowest BCUT2D eigenvalue weighted by molar-refractivity contribution is -0.385. The van der Waals surface area contributed by atoms with Gasteiger partial charge in [-0.05, 0) is 57.7 Å². The summed E-state index contributed by atoms with van der Waals surface area (Å²) in [6.07, 6.45) is 0.666. The highest BCUT2D eigenvalue weighted by atomic mass is 35.5. The van der Waals surface area contributed by atoms with Gasteiger partial charge in [-0.25, -0.2) is 4.98 Å². The average molecular weight is 463 g/mol. The fraction of sp³-hybridized carbons (Fsp3) is 0.333. The lowest BCUT2D eigenvalue weighted by Gasteiger charge is -2.21. The van der Waals surface area contributed by atoms with Crippen LogP contribution < -0.4 is 9.64 Å². The highest BCUT2D eigenvalue weighted by Crippen LogP contribution is 2.37. The number of aryl methyl sites for hydroxylation is 1. The molecule has 0 aliphatic carbocycles. The van der Waals surface area contributed by atoms with E-state index < -0.39 is 10.8 Å². The minimum absolute atomic E-state index is 0.0645. The Labute approximate surface area is 189 Å². The largest absolute Gasteiger partial charge is 0.494 e. The minimum Gasteiger partial charge on any atom is -0.494 e. The molecule has 0 saturated carbocycles. The Morgan fingerprint density at radius 2 is 2.00 bits per heavy atom. The predicted molar refractivity (Wildman–Crippen MR) is 124 cm³/mol. The molecule has 10 heteroatoms. The molecule has 0 N–H and O–H groups in total. The molecule has 1 heterocycles. The second kappa shape index (κ2) is 9.59. The topological polar surface area (TPSA) is 88.8 Å². The standard InChI is InChI=1S/C21H23ClN4O4S/c1-13-6-9-17(30-4)18-19(13)31-21(23-18)25(11-5-10-24(2)3)20(27)15-12-14(22)7-8-16(15)26(28)29/h6-9,12H,5,10-11H2,1-4H3. The number of methoxy groups -OCH3 is 1. The van der Waals surface area contributed by atoms with E-state index in [1.807, 2.05) is 38.1 Å². The van der Waals surface area contributed by atoms with Crippen LogP contribution in [0, 0.1) is 17.0 Å². The average Bonchev–Trinajstić information content (AvgIpc) is 3.16. The number of fused-ring (bicyclic) bond motifs is 1. The van der Waals surface area contributed by atoms with Crippen LogP contribution in [0.1, 0.15) is 22.3 Å². The van der Waals surface area contributed by atoms with Gasteiger partial charge in [-0.3, -0.25) is 19.8 Å². The normalized spacial score (nSPS) is 11.2. The summed E-state index contributed by atoms with van der Waals surface area (Å²) in [5.74, 6) is 0.0983. The molecule has 0 unspecified atom stereocenters. The highest BCUT2D eigenvalue weighted by Gasteiger charge is 2.28. The van der Waals surface area contributed by atoms with Gasteiger partial charge >= 0.3 is 0 Å². The molecule has 8 nitrogen and oxygen atoms in total. The summed E-state index contributed by atoms with van der Waals surface area (Å²) in [5.41, 5.74) is 1.31. The van der Waals surface area contributed by atoms with Gasteiger partial charge in [-0.15, -0.1) is 0 Å². The summed E-state index contributed by atoms with van der Waals surface area (Å²) in [7, 11) is 5.46. The number of carbonyl (C=O) groups is 1. The second-order valence-corrected chi connectivity index (χ2v) is 8.71. The van der Waals surface area contributed by atoms with Gasteiger partial charge in [0.1, 0.15) is 16.8 Å². The van der Waals surface area contributed by atoms with Crippen molar-refractivity contribution in [3.63, 3.8) is 0 Å². The number of ether oxygens (including phenoxy) is 1. The van der Waals surface area contributed by atoms with Gasteiger partial charge in [0.25, 0.3) is 11.6 Å². The third kappa shape index (κ3) is 4.95. The molecule has 0 fully saturated rings. The number of benzene rings is 2. The molecule has 164 valence electrons. The van der Waals surface area contributed by atoms with Crippen molar-refractivity contribution in [2.24, 2.45) is 0 Å². The van der Waals surface area contributed by atoms with E-state index in [9.17, 15) is 14.9 Å². The smallest absolute Gasteiger partial charge is 0.282 e. The first-order chi connectivity index (χ1) is 14.7. The van der Waals surface area contributed by atoms with Crippen LogP contribution in [0.5, 0.6) is 5.75 Å². The molecule has 0 bridgehead atoms. The van der Waals surface area contributed by atoms with Gasteiger partial charge in [0.2, 0.25) is 0 Å². The molecule has 31 heavy (non-hydrogen) atoms. The Balaban J connectivity index is 2.10. The van der Waals surface area contributed by atoms with Crippen LogP contribution in [0.3, 0.4) is 0 Å². The summed E-state index contributed by atoms with van der Waals surface area (Å²) < 4.78 is 6.33. The first kappa shape index (κ1) is 22.9. The van der Waals surface area contributed by atoms with Gasteiger partial charge < -0.3 is 9.64 Å². The van der Waals surface area contributed by atoms with Crippen molar-refractivity contribution in [1.29, 1.82) is 0 Å². The molecule has 2 aromatic carbocycles. The maximum absolute atomic E-state index is 13.5. The minimum atomic E-state index is -0.576. The zero-order valence-electron chi connectivity index (χ0n) is 17.7. The third-order valence-electron chi connectivity index (χ3n) is 4.76. The molecule has 1 amide bonds. The molecular weight excluding hydrogens is 440 g/mol. The predicted octanol–water partition coefficient (Wildman–Crippen LogP) is 4.77. The van der Waals surface area contributed by atoms with Crippen LogP contribution in [0.2, 0.25) is 5.02 Å². The third-order valence-corrected chi connectivity index (χ3v) is 6.21. The zero-order chi connectivity index (χ0) is 22.7. The first-order valence-electron chi connectivity index (χ1n) is 9.57. The number of anilines is 1. The quantitative estimate of drug-likeness (QED) is 0.353. The van der Waals surface area contributed by atoms with E-state index in [2.05, 4.69) is 4.98 Å². The van der Waals surface area contributed by atoms with Crippen LogP contribution in [0.15, 0.2) is 30.3 Å². The molecule has 3 rings (SSSR count). The van der Waals surface area contributed by atoms with Crippen molar-refractivity contribution in [3.05, 3.63) is 56.6 Å². The molecule has 0 aliphatic rings. The fourth-order valence-corrected chi connectivity index (χ4v) is 4.44. The lowest BCUT2D eigenvalue weighted by Crippen LogP contribution is -2.33. The Hall–Kier alpha value is -2.75. The van der Waals surface area contributed by atoms with Gasteiger partial charge in [0.05, 0.1) is 16.7 Å². The second-order valence-electron chi connectivity index (χ2n) is 7.29. The first-order valence-corrected chi connectivity index (χ1v) is 10.8. The van der Waals surface area contributed by atoms with E-state index >= 15 is 0 Å². The molecule has 0 radical (unpaired) electrons. The number of hydrogen-bond donors (Lipinski definition) is 0. The highest BCUT2D eigenvalue weighted by molar-refractivity contribution is 7.22. The summed E-state index contributed by atoms with van der Waals surface area (Å²) >= 11 is 7.42. The number of nitro benzene ring substituents is 1. The molecule has 0 aliphatic heterocycles. The molecule has 1 aromatic heterocycles. The van der Waals surface area contributed by atoms with Crippen LogP contribution in [-0.4, -0.2) is 55.0 Å². The van der Waals surface area contributed by atoms with E-state index in [1.54, 1.807) is 7.11 Å². The summed E-state index contributed by atoms with van der Waals surface area (Å²) in [6.45, 7) is 3.06. The molecule has 0 atom stereocenters. The number of halogens is 1. The van der Waals surface area contributed by atoms with Crippen molar-refractivity contribution in [1.82, 2.24) is 9.88 Å². The van der Waals surface area contributed by atoms with E-state index in [0.29, 0.717) is 29.4 Å². The fourth-order valence-electron chi connectivity index (χ4n) is 3.19. The van der Waals surface area contributed by atoms with Crippen molar-refractivity contribution in [2.45, 2.75) is 13.3 Å². The molecule has 3 aromatic rings. The number of rotatable bonds is 8. The summed E-state index contributed by atoms with van der Waals surface area (Å²) in [6, 6.07) is 7.75. The van der Waals surface area contributed by atoms with Crippen molar-refractivity contribution in [2.75, 3.05) is 39.2 Å². The van der Waals surface area contributed by atoms with Gasteiger partial charge in [-0.2, -0.15) is 0 Å². The Morgan fingerprint density at radius 3 is 2.65 bits per heavy atom. The number of hydrogen-bond acceptors (Lipinski definition) is 7. The SMILES string of the molecule is COc1ccc(C)c2sc(N(CCCN(C)C)C(=O)c3cc(Cl)ccc3[N+](=O)[O-])nc12. The number of nitro groups is 1. The van der Waals surface area contributed by atoms with Gasteiger partial charge in [0.15, 0.2) is 5.13 Å². The number of aromatic nitrogens is 1. The van der Waals surface area contributed by atoms with E-state index in [1.165, 1.54) is 34.4 Å². The van der Waals surface area contributed by atoms with Gasteiger partial charge in [0, 0.05) is 17.6 Å².